The molecule has 0 radical (unpaired) electrons. The summed E-state index contributed by atoms with van der Waals surface area (Å²) < 4.78 is 32.1. The molecule has 3 rings (SSSR count). The lowest BCUT2D eigenvalue weighted by Gasteiger charge is -2.26. The minimum atomic E-state index is -3.67. The van der Waals surface area contributed by atoms with Gasteiger partial charge in [-0.15, -0.1) is 0 Å². The van der Waals surface area contributed by atoms with Crippen molar-refractivity contribution in [3.05, 3.63) is 58.6 Å². The summed E-state index contributed by atoms with van der Waals surface area (Å²) in [6, 6.07) is 11.5. The van der Waals surface area contributed by atoms with E-state index in [2.05, 4.69) is 10.6 Å². The Morgan fingerprint density at radius 2 is 1.89 bits per heavy atom. The summed E-state index contributed by atoms with van der Waals surface area (Å²) in [7, 11) is -3.67. The van der Waals surface area contributed by atoms with Gasteiger partial charge in [0.25, 0.3) is 0 Å². The van der Waals surface area contributed by atoms with E-state index in [0.29, 0.717) is 32.8 Å². The molecule has 2 aromatic carbocycles. The van der Waals surface area contributed by atoms with Gasteiger partial charge in [-0.2, -0.15) is 4.31 Å². The van der Waals surface area contributed by atoms with Crippen LogP contribution < -0.4 is 10.6 Å². The summed E-state index contributed by atoms with van der Waals surface area (Å²) in [6.07, 6.45) is 0. The summed E-state index contributed by atoms with van der Waals surface area (Å²) in [5.74, 6) is 0. The summed E-state index contributed by atoms with van der Waals surface area (Å²) >= 11 is 6.15. The van der Waals surface area contributed by atoms with E-state index in [1.54, 1.807) is 0 Å². The zero-order valence-corrected chi connectivity index (χ0v) is 17.0. The van der Waals surface area contributed by atoms with Gasteiger partial charge in [0.05, 0.1) is 28.8 Å². The van der Waals surface area contributed by atoms with Crippen molar-refractivity contribution in [1.29, 1.82) is 0 Å². The molecule has 0 bridgehead atoms. The number of urea groups is 1. The van der Waals surface area contributed by atoms with E-state index in [1.165, 1.54) is 22.5 Å². The average molecular weight is 424 g/mol. The zero-order chi connectivity index (χ0) is 20.1. The normalized spacial score (nSPS) is 15.2. The van der Waals surface area contributed by atoms with Crippen LogP contribution in [0, 0.1) is 6.92 Å². The van der Waals surface area contributed by atoms with Crippen molar-refractivity contribution >= 4 is 33.3 Å². The van der Waals surface area contributed by atoms with Gasteiger partial charge in [-0.1, -0.05) is 35.9 Å². The molecule has 150 valence electrons. The summed E-state index contributed by atoms with van der Waals surface area (Å²) in [4.78, 5) is 12.3. The number of benzene rings is 2. The molecule has 2 N–H and O–H groups in total. The van der Waals surface area contributed by atoms with Gasteiger partial charge in [0.2, 0.25) is 10.0 Å². The third kappa shape index (κ3) is 4.82. The van der Waals surface area contributed by atoms with Crippen LogP contribution in [0.2, 0.25) is 5.02 Å². The highest BCUT2D eigenvalue weighted by molar-refractivity contribution is 7.89. The molecule has 0 spiro atoms. The molecule has 1 heterocycles. The van der Waals surface area contributed by atoms with Gasteiger partial charge < -0.3 is 15.4 Å². The Balaban J connectivity index is 1.71. The van der Waals surface area contributed by atoms with E-state index in [4.69, 9.17) is 16.3 Å². The monoisotopic (exact) mass is 423 g/mol. The first-order chi connectivity index (χ1) is 13.4. The van der Waals surface area contributed by atoms with Crippen molar-refractivity contribution in [2.45, 2.75) is 18.4 Å². The number of nitrogens with zero attached hydrogens (tertiary/aromatic N) is 1. The maximum Gasteiger partial charge on any atom is 0.319 e. The Bertz CT molecular complexity index is 959. The van der Waals surface area contributed by atoms with Crippen LogP contribution in [-0.4, -0.2) is 45.1 Å². The van der Waals surface area contributed by atoms with Gasteiger partial charge in [-0.05, 0) is 36.2 Å². The van der Waals surface area contributed by atoms with Crippen LogP contribution in [0.25, 0.3) is 0 Å². The number of morpholine rings is 1. The van der Waals surface area contributed by atoms with Crippen molar-refractivity contribution in [2.75, 3.05) is 31.6 Å². The third-order valence-corrected chi connectivity index (χ3v) is 6.72. The standard InChI is InChI=1S/C19H22ClN3O4S/c1-14-4-2-3-5-15(14)13-21-19(24)22-18-12-16(6-7-17(18)20)28(25,26)23-8-10-27-11-9-23/h2-7,12H,8-11,13H2,1H3,(H2,21,22,24). The van der Waals surface area contributed by atoms with Crippen molar-refractivity contribution in [3.63, 3.8) is 0 Å². The van der Waals surface area contributed by atoms with Crippen LogP contribution >= 0.6 is 11.6 Å². The SMILES string of the molecule is Cc1ccccc1CNC(=O)Nc1cc(S(=O)(=O)N2CCOCC2)ccc1Cl. The lowest BCUT2D eigenvalue weighted by molar-refractivity contribution is 0.0730. The van der Waals surface area contributed by atoms with Gasteiger partial charge in [0.15, 0.2) is 0 Å². The smallest absolute Gasteiger partial charge is 0.319 e. The van der Waals surface area contributed by atoms with Crippen molar-refractivity contribution < 1.29 is 17.9 Å². The topological polar surface area (TPSA) is 87.7 Å². The number of carbonyl (C=O) groups excluding carboxylic acids is 1. The lowest BCUT2D eigenvalue weighted by Crippen LogP contribution is -2.40. The Hall–Kier alpha value is -2.13. The average Bonchev–Trinajstić information content (AvgIpc) is 2.69. The van der Waals surface area contributed by atoms with Crippen LogP contribution in [0.15, 0.2) is 47.4 Å². The Kier molecular flexibility index (Phi) is 6.56. The Labute approximate surface area is 169 Å². The molecule has 0 atom stereocenters. The number of carbonyl (C=O) groups is 1. The molecule has 7 nitrogen and oxygen atoms in total. The van der Waals surface area contributed by atoms with Crippen LogP contribution in [0.4, 0.5) is 10.5 Å². The summed E-state index contributed by atoms with van der Waals surface area (Å²) in [5, 5.41) is 5.63. The second-order valence-electron chi connectivity index (χ2n) is 6.39. The molecule has 1 saturated heterocycles. The van der Waals surface area contributed by atoms with Crippen LogP contribution in [0.3, 0.4) is 0 Å². The van der Waals surface area contributed by atoms with Crippen molar-refractivity contribution in [3.8, 4) is 0 Å². The minimum Gasteiger partial charge on any atom is -0.379 e. The van der Waals surface area contributed by atoms with Crippen LogP contribution in [-0.2, 0) is 21.3 Å². The molecular formula is C19H22ClN3O4S. The number of hydrogen-bond acceptors (Lipinski definition) is 4. The fraction of sp³-hybridized carbons (Fsp3) is 0.316. The van der Waals surface area contributed by atoms with E-state index in [9.17, 15) is 13.2 Å². The van der Waals surface area contributed by atoms with E-state index in [-0.39, 0.29) is 15.6 Å². The fourth-order valence-electron chi connectivity index (χ4n) is 2.85. The first-order valence-corrected chi connectivity index (χ1v) is 10.7. The highest BCUT2D eigenvalue weighted by atomic mass is 35.5. The predicted octanol–water partition coefficient (Wildman–Crippen LogP) is 2.99. The molecule has 1 fully saturated rings. The molecule has 0 unspecified atom stereocenters. The van der Waals surface area contributed by atoms with Crippen LogP contribution in [0.5, 0.6) is 0 Å². The maximum absolute atomic E-state index is 12.8. The van der Waals surface area contributed by atoms with E-state index in [1.807, 2.05) is 31.2 Å². The molecule has 2 aromatic rings. The van der Waals surface area contributed by atoms with Gasteiger partial charge in [-0.25, -0.2) is 13.2 Å². The quantitative estimate of drug-likeness (QED) is 0.773. The van der Waals surface area contributed by atoms with Gasteiger partial charge in [0, 0.05) is 19.6 Å². The predicted molar refractivity (Wildman–Crippen MR) is 108 cm³/mol. The number of rotatable bonds is 5. The molecule has 2 amide bonds. The molecule has 1 aliphatic rings. The molecule has 0 aromatic heterocycles. The highest BCUT2D eigenvalue weighted by Gasteiger charge is 2.27. The summed E-state index contributed by atoms with van der Waals surface area (Å²) in [6.45, 7) is 3.63. The van der Waals surface area contributed by atoms with Gasteiger partial charge >= 0.3 is 6.03 Å². The number of anilines is 1. The molecule has 1 aliphatic heterocycles. The molecule has 28 heavy (non-hydrogen) atoms. The van der Waals surface area contributed by atoms with Crippen molar-refractivity contribution in [1.82, 2.24) is 9.62 Å². The first kappa shape index (κ1) is 20.6. The number of halogens is 1. The number of nitrogens with one attached hydrogen (secondary N) is 2. The second kappa shape index (κ2) is 8.91. The number of amides is 2. The number of aryl methyl sites for hydroxylation is 1. The van der Waals surface area contributed by atoms with E-state index < -0.39 is 16.1 Å². The van der Waals surface area contributed by atoms with E-state index >= 15 is 0 Å². The second-order valence-corrected chi connectivity index (χ2v) is 8.74. The van der Waals surface area contributed by atoms with Crippen LogP contribution in [0.1, 0.15) is 11.1 Å². The molecule has 9 heteroatoms. The number of sulfonamides is 1. The minimum absolute atomic E-state index is 0.0769. The Morgan fingerprint density at radius 1 is 1.18 bits per heavy atom. The summed E-state index contributed by atoms with van der Waals surface area (Å²) in [5.41, 5.74) is 2.30. The number of hydrogen-bond donors (Lipinski definition) is 2. The van der Waals surface area contributed by atoms with Crippen molar-refractivity contribution in [2.24, 2.45) is 0 Å². The maximum atomic E-state index is 12.8. The zero-order valence-electron chi connectivity index (χ0n) is 15.4. The highest BCUT2D eigenvalue weighted by Crippen LogP contribution is 2.27. The molecule has 0 aliphatic carbocycles. The Morgan fingerprint density at radius 3 is 2.61 bits per heavy atom. The third-order valence-electron chi connectivity index (χ3n) is 4.49. The largest absolute Gasteiger partial charge is 0.379 e. The fourth-order valence-corrected chi connectivity index (χ4v) is 4.45. The lowest BCUT2D eigenvalue weighted by atomic mass is 10.1. The first-order valence-electron chi connectivity index (χ1n) is 8.85. The van der Waals surface area contributed by atoms with E-state index in [0.717, 1.165) is 11.1 Å². The molecular weight excluding hydrogens is 402 g/mol. The number of ether oxygens (including phenoxy) is 1. The van der Waals surface area contributed by atoms with Gasteiger partial charge in [0.1, 0.15) is 0 Å². The molecule has 0 saturated carbocycles. The van der Waals surface area contributed by atoms with Gasteiger partial charge in [-0.3, -0.25) is 0 Å².